The second-order valence-electron chi connectivity index (χ2n) is 2.70. The molecule has 0 aromatic rings. The minimum atomic E-state index is -0.715. The molecular formula is C7H9N5. The van der Waals surface area contributed by atoms with Gasteiger partial charge in [-0.05, 0) is 6.42 Å². The third-order valence-corrected chi connectivity index (χ3v) is 2.00. The van der Waals surface area contributed by atoms with Gasteiger partial charge in [-0.15, -0.1) is 0 Å². The van der Waals surface area contributed by atoms with Gasteiger partial charge in [0.15, 0.2) is 11.5 Å². The lowest BCUT2D eigenvalue weighted by Crippen LogP contribution is -2.49. The summed E-state index contributed by atoms with van der Waals surface area (Å²) in [6, 6.07) is 0. The minimum Gasteiger partial charge on any atom is -0.302 e. The van der Waals surface area contributed by atoms with Gasteiger partial charge in [0.05, 0.1) is 0 Å². The van der Waals surface area contributed by atoms with Crippen molar-refractivity contribution in [3.05, 3.63) is 0 Å². The lowest BCUT2D eigenvalue weighted by atomic mass is 10.0. The normalized spacial score (nSPS) is 31.5. The highest BCUT2D eigenvalue weighted by atomic mass is 15.2. The van der Waals surface area contributed by atoms with Gasteiger partial charge in [-0.25, -0.2) is 20.0 Å². The van der Waals surface area contributed by atoms with Gasteiger partial charge in [-0.3, -0.25) is 0 Å². The van der Waals surface area contributed by atoms with E-state index in [-0.39, 0.29) is 0 Å². The molecule has 0 bridgehead atoms. The highest BCUT2D eigenvalue weighted by Crippen LogP contribution is 2.17. The van der Waals surface area contributed by atoms with Crippen LogP contribution < -0.4 is 5.73 Å². The Bertz CT molecular complexity index is 325. The summed E-state index contributed by atoms with van der Waals surface area (Å²) in [6.07, 6.45) is 3.60. The molecule has 2 N–H and O–H groups in total. The molecule has 0 saturated heterocycles. The molecule has 0 saturated carbocycles. The molecule has 62 valence electrons. The van der Waals surface area contributed by atoms with Crippen LogP contribution >= 0.6 is 0 Å². The number of aliphatic imine (C=N–C) groups is 4. The lowest BCUT2D eigenvalue weighted by Gasteiger charge is -2.24. The number of rotatable bonds is 1. The highest BCUT2D eigenvalue weighted by molar-refractivity contribution is 6.50. The summed E-state index contributed by atoms with van der Waals surface area (Å²) in [5, 5.41) is 0. The highest BCUT2D eigenvalue weighted by Gasteiger charge is 2.35. The zero-order valence-corrected chi connectivity index (χ0v) is 6.73. The smallest absolute Gasteiger partial charge is 0.180 e. The summed E-state index contributed by atoms with van der Waals surface area (Å²) in [6.45, 7) is 1.96. The quantitative estimate of drug-likeness (QED) is 0.579. The van der Waals surface area contributed by atoms with Crippen molar-refractivity contribution < 1.29 is 0 Å². The Balaban J connectivity index is 2.45. The van der Waals surface area contributed by atoms with Crippen molar-refractivity contribution >= 4 is 24.2 Å². The molecule has 0 spiro atoms. The monoisotopic (exact) mass is 163 g/mol. The number of nitrogens with two attached hydrogens (primary N) is 1. The van der Waals surface area contributed by atoms with Gasteiger partial charge in [-0.2, -0.15) is 0 Å². The second kappa shape index (κ2) is 2.31. The number of hydrogen-bond donors (Lipinski definition) is 1. The van der Waals surface area contributed by atoms with Crippen molar-refractivity contribution in [2.24, 2.45) is 25.7 Å². The van der Waals surface area contributed by atoms with E-state index >= 15 is 0 Å². The second-order valence-corrected chi connectivity index (χ2v) is 2.70. The molecule has 2 heterocycles. The fourth-order valence-electron chi connectivity index (χ4n) is 1.17. The van der Waals surface area contributed by atoms with Crippen LogP contribution in [-0.2, 0) is 0 Å². The molecule has 0 amide bonds. The Morgan fingerprint density at radius 3 is 3.00 bits per heavy atom. The number of hydrogen-bond acceptors (Lipinski definition) is 5. The molecule has 12 heavy (non-hydrogen) atoms. The molecule has 5 heteroatoms. The van der Waals surface area contributed by atoms with E-state index < -0.39 is 5.66 Å². The van der Waals surface area contributed by atoms with Crippen LogP contribution in [0.25, 0.3) is 0 Å². The van der Waals surface area contributed by atoms with Gasteiger partial charge in [0.2, 0.25) is 0 Å². The molecule has 0 radical (unpaired) electrons. The SMILES string of the molecule is CCC1(N)N=CN=C2N=CN=C21. The Labute approximate surface area is 69.8 Å². The third-order valence-electron chi connectivity index (χ3n) is 2.00. The summed E-state index contributed by atoms with van der Waals surface area (Å²) in [4.78, 5) is 16.0. The molecule has 0 aromatic carbocycles. The molecular weight excluding hydrogens is 154 g/mol. The maximum atomic E-state index is 5.95. The van der Waals surface area contributed by atoms with E-state index in [2.05, 4.69) is 20.0 Å². The van der Waals surface area contributed by atoms with Crippen molar-refractivity contribution in [1.29, 1.82) is 0 Å². The number of nitrogens with zero attached hydrogens (tertiary/aromatic N) is 4. The van der Waals surface area contributed by atoms with Gasteiger partial charge >= 0.3 is 0 Å². The van der Waals surface area contributed by atoms with Crippen LogP contribution in [0.1, 0.15) is 13.3 Å². The first kappa shape index (κ1) is 7.30. The first-order chi connectivity index (χ1) is 5.76. The summed E-state index contributed by atoms with van der Waals surface area (Å²) < 4.78 is 0. The van der Waals surface area contributed by atoms with Crippen molar-refractivity contribution in [2.75, 3.05) is 0 Å². The van der Waals surface area contributed by atoms with Crippen LogP contribution in [0.3, 0.4) is 0 Å². The van der Waals surface area contributed by atoms with Crippen molar-refractivity contribution in [3.8, 4) is 0 Å². The van der Waals surface area contributed by atoms with E-state index in [0.29, 0.717) is 18.0 Å². The molecule has 2 aliphatic rings. The maximum Gasteiger partial charge on any atom is 0.180 e. The van der Waals surface area contributed by atoms with E-state index in [0.717, 1.165) is 0 Å². The molecule has 2 aliphatic heterocycles. The van der Waals surface area contributed by atoms with Crippen molar-refractivity contribution in [1.82, 2.24) is 0 Å². The molecule has 1 atom stereocenters. The van der Waals surface area contributed by atoms with E-state index in [1.54, 1.807) is 0 Å². The summed E-state index contributed by atoms with van der Waals surface area (Å²) in [7, 11) is 0. The number of fused-ring (bicyclic) bond motifs is 1. The Kier molecular flexibility index (Phi) is 1.41. The summed E-state index contributed by atoms with van der Waals surface area (Å²) in [5.41, 5.74) is 5.91. The van der Waals surface area contributed by atoms with Gasteiger partial charge < -0.3 is 5.73 Å². The average Bonchev–Trinajstić information content (AvgIpc) is 2.54. The molecule has 1 unspecified atom stereocenters. The third kappa shape index (κ3) is 0.831. The van der Waals surface area contributed by atoms with E-state index in [4.69, 9.17) is 5.73 Å². The first-order valence-corrected chi connectivity index (χ1v) is 3.78. The molecule has 0 aromatic heterocycles. The standard InChI is InChI=1S/C7H9N5/c1-2-7(8)5-6(10-3-9-5)11-4-12-7/h3-4H,2,8H2,1H3. The Morgan fingerprint density at radius 2 is 2.25 bits per heavy atom. The zero-order valence-electron chi connectivity index (χ0n) is 6.73. The summed E-state index contributed by atoms with van der Waals surface area (Å²) in [5.74, 6) is 0.592. The molecule has 2 rings (SSSR count). The predicted molar refractivity (Wildman–Crippen MR) is 49.1 cm³/mol. The number of amidine groups is 1. The minimum absolute atomic E-state index is 0.592. The van der Waals surface area contributed by atoms with Gasteiger partial charge in [0.25, 0.3) is 0 Å². The fraction of sp³-hybridized carbons (Fsp3) is 0.429. The van der Waals surface area contributed by atoms with Crippen LogP contribution in [0, 0.1) is 0 Å². The van der Waals surface area contributed by atoms with Crippen molar-refractivity contribution in [3.63, 3.8) is 0 Å². The molecule has 0 aliphatic carbocycles. The van der Waals surface area contributed by atoms with Gasteiger partial charge in [0, 0.05) is 0 Å². The van der Waals surface area contributed by atoms with E-state index in [9.17, 15) is 0 Å². The van der Waals surface area contributed by atoms with E-state index in [1.165, 1.54) is 12.7 Å². The fourth-order valence-corrected chi connectivity index (χ4v) is 1.17. The van der Waals surface area contributed by atoms with Crippen LogP contribution in [0.4, 0.5) is 0 Å². The molecule has 5 nitrogen and oxygen atoms in total. The Hall–Kier alpha value is -1.36. The zero-order chi connectivity index (χ0) is 8.60. The largest absolute Gasteiger partial charge is 0.302 e. The van der Waals surface area contributed by atoms with Gasteiger partial charge in [-0.1, -0.05) is 6.92 Å². The van der Waals surface area contributed by atoms with Crippen LogP contribution in [0.2, 0.25) is 0 Å². The van der Waals surface area contributed by atoms with E-state index in [1.807, 2.05) is 6.92 Å². The van der Waals surface area contributed by atoms with Crippen LogP contribution in [0.15, 0.2) is 20.0 Å². The van der Waals surface area contributed by atoms with Crippen molar-refractivity contribution in [2.45, 2.75) is 19.0 Å². The average molecular weight is 163 g/mol. The molecule has 0 fully saturated rings. The Morgan fingerprint density at radius 1 is 1.42 bits per heavy atom. The first-order valence-electron chi connectivity index (χ1n) is 3.78. The lowest BCUT2D eigenvalue weighted by molar-refractivity contribution is 0.580. The topological polar surface area (TPSA) is 75.5 Å². The van der Waals surface area contributed by atoms with Crippen LogP contribution in [-0.4, -0.2) is 29.9 Å². The van der Waals surface area contributed by atoms with Crippen LogP contribution in [0.5, 0.6) is 0 Å². The van der Waals surface area contributed by atoms with Gasteiger partial charge in [0.1, 0.15) is 18.4 Å². The summed E-state index contributed by atoms with van der Waals surface area (Å²) >= 11 is 0. The maximum absolute atomic E-state index is 5.95. The predicted octanol–water partition coefficient (Wildman–Crippen LogP) is -0.0253.